The van der Waals surface area contributed by atoms with Crippen LogP contribution >= 0.6 is 0 Å². The molecule has 0 spiro atoms. The van der Waals surface area contributed by atoms with Crippen LogP contribution in [0.25, 0.3) is 5.65 Å². The largest absolute Gasteiger partial charge is 0.573 e. The summed E-state index contributed by atoms with van der Waals surface area (Å²) >= 11 is 0. The van der Waals surface area contributed by atoms with Crippen LogP contribution in [0, 0.1) is 0 Å². The van der Waals surface area contributed by atoms with Crippen LogP contribution in [0.3, 0.4) is 0 Å². The van der Waals surface area contributed by atoms with Crippen molar-refractivity contribution in [3.8, 4) is 5.75 Å². The van der Waals surface area contributed by atoms with Gasteiger partial charge in [0.25, 0.3) is 0 Å². The molecule has 0 aliphatic carbocycles. The summed E-state index contributed by atoms with van der Waals surface area (Å²) in [5.41, 5.74) is 0.555. The van der Waals surface area contributed by atoms with Gasteiger partial charge in [0.2, 0.25) is 0 Å². The molecule has 4 nitrogen and oxygen atoms in total. The van der Waals surface area contributed by atoms with E-state index in [1.165, 1.54) is 16.8 Å². The number of imidazole rings is 1. The second-order valence-corrected chi connectivity index (χ2v) is 3.09. The first kappa shape index (κ1) is 10.7. The SMILES string of the molecule is CCc1nn2ccnc2cc1OC(F)(F)F. The fraction of sp³-hybridized carbons (Fsp3) is 0.333. The van der Waals surface area contributed by atoms with Gasteiger partial charge in [0, 0.05) is 18.5 Å². The summed E-state index contributed by atoms with van der Waals surface area (Å²) in [7, 11) is 0. The van der Waals surface area contributed by atoms with Crippen LogP contribution in [0.2, 0.25) is 0 Å². The number of hydrogen-bond acceptors (Lipinski definition) is 3. The normalized spacial score (nSPS) is 12.0. The highest BCUT2D eigenvalue weighted by atomic mass is 19.4. The summed E-state index contributed by atoms with van der Waals surface area (Å²) in [6, 6.07) is 1.22. The lowest BCUT2D eigenvalue weighted by Gasteiger charge is -2.11. The van der Waals surface area contributed by atoms with Gasteiger partial charge in [-0.15, -0.1) is 13.2 Å². The van der Waals surface area contributed by atoms with Gasteiger partial charge in [-0.2, -0.15) is 5.10 Å². The molecule has 0 bridgehead atoms. The predicted octanol–water partition coefficient (Wildman–Crippen LogP) is 2.19. The van der Waals surface area contributed by atoms with Crippen molar-refractivity contribution in [1.82, 2.24) is 14.6 Å². The average Bonchev–Trinajstić information content (AvgIpc) is 2.60. The van der Waals surface area contributed by atoms with Crippen molar-refractivity contribution >= 4 is 5.65 Å². The second kappa shape index (κ2) is 3.66. The molecule has 0 unspecified atom stereocenters. The van der Waals surface area contributed by atoms with Gasteiger partial charge in [-0.25, -0.2) is 9.50 Å². The number of aromatic nitrogens is 3. The highest BCUT2D eigenvalue weighted by Crippen LogP contribution is 2.26. The van der Waals surface area contributed by atoms with Gasteiger partial charge in [-0.1, -0.05) is 6.92 Å². The Morgan fingerprint density at radius 2 is 2.19 bits per heavy atom. The van der Waals surface area contributed by atoms with E-state index in [0.717, 1.165) is 0 Å². The molecule has 0 saturated carbocycles. The second-order valence-electron chi connectivity index (χ2n) is 3.09. The van der Waals surface area contributed by atoms with E-state index in [1.54, 1.807) is 13.1 Å². The molecule has 0 amide bonds. The number of nitrogens with zero attached hydrogens (tertiary/aromatic N) is 3. The molecule has 2 rings (SSSR count). The fourth-order valence-corrected chi connectivity index (χ4v) is 1.33. The number of halogens is 3. The van der Waals surface area contributed by atoms with Gasteiger partial charge in [-0.3, -0.25) is 0 Å². The van der Waals surface area contributed by atoms with Crippen LogP contribution in [-0.4, -0.2) is 21.0 Å². The molecule has 0 aromatic carbocycles. The van der Waals surface area contributed by atoms with E-state index in [9.17, 15) is 13.2 Å². The van der Waals surface area contributed by atoms with Gasteiger partial charge in [0.15, 0.2) is 11.4 Å². The van der Waals surface area contributed by atoms with E-state index in [1.807, 2.05) is 0 Å². The number of alkyl halides is 3. The number of ether oxygens (including phenoxy) is 1. The molecule has 0 aliphatic heterocycles. The first-order valence-electron chi connectivity index (χ1n) is 4.58. The monoisotopic (exact) mass is 231 g/mol. The molecule has 0 atom stereocenters. The van der Waals surface area contributed by atoms with E-state index in [0.29, 0.717) is 12.1 Å². The maximum Gasteiger partial charge on any atom is 0.573 e. The number of aryl methyl sites for hydroxylation is 1. The Morgan fingerprint density at radius 3 is 2.81 bits per heavy atom. The zero-order chi connectivity index (χ0) is 11.8. The summed E-state index contributed by atoms with van der Waals surface area (Å²) in [6.45, 7) is 1.70. The third kappa shape index (κ3) is 2.07. The third-order valence-corrected chi connectivity index (χ3v) is 1.98. The van der Waals surface area contributed by atoms with Crippen LogP contribution in [-0.2, 0) is 6.42 Å². The van der Waals surface area contributed by atoms with Crippen LogP contribution in [0.4, 0.5) is 13.2 Å². The molecule has 0 radical (unpaired) electrons. The Bertz CT molecular complexity index is 506. The van der Waals surface area contributed by atoms with Gasteiger partial charge >= 0.3 is 6.36 Å². The summed E-state index contributed by atoms with van der Waals surface area (Å²) in [5.74, 6) is -0.297. The lowest BCUT2D eigenvalue weighted by molar-refractivity contribution is -0.275. The van der Waals surface area contributed by atoms with Gasteiger partial charge < -0.3 is 4.74 Å². The minimum absolute atomic E-state index is 0.239. The van der Waals surface area contributed by atoms with E-state index in [2.05, 4.69) is 14.8 Å². The van der Waals surface area contributed by atoms with Crippen molar-refractivity contribution in [1.29, 1.82) is 0 Å². The number of hydrogen-bond donors (Lipinski definition) is 0. The molecule has 16 heavy (non-hydrogen) atoms. The minimum atomic E-state index is -4.71. The Balaban J connectivity index is 2.48. The van der Waals surface area contributed by atoms with Crippen molar-refractivity contribution in [3.63, 3.8) is 0 Å². The molecular weight excluding hydrogens is 223 g/mol. The van der Waals surface area contributed by atoms with E-state index in [4.69, 9.17) is 0 Å². The van der Waals surface area contributed by atoms with Crippen LogP contribution in [0.1, 0.15) is 12.6 Å². The number of fused-ring (bicyclic) bond motifs is 1. The minimum Gasteiger partial charge on any atom is -0.404 e. The molecule has 0 aliphatic rings. The zero-order valence-corrected chi connectivity index (χ0v) is 8.32. The fourth-order valence-electron chi connectivity index (χ4n) is 1.33. The van der Waals surface area contributed by atoms with Crippen molar-refractivity contribution in [3.05, 3.63) is 24.2 Å². The predicted molar refractivity (Wildman–Crippen MR) is 49.0 cm³/mol. The summed E-state index contributed by atoms with van der Waals surface area (Å²) < 4.78 is 41.6. The highest BCUT2D eigenvalue weighted by Gasteiger charge is 2.32. The van der Waals surface area contributed by atoms with Crippen molar-refractivity contribution in [2.45, 2.75) is 19.7 Å². The van der Waals surface area contributed by atoms with Crippen LogP contribution in [0.15, 0.2) is 18.5 Å². The smallest absolute Gasteiger partial charge is 0.404 e. The van der Waals surface area contributed by atoms with E-state index >= 15 is 0 Å². The maximum atomic E-state index is 12.1. The standard InChI is InChI=1S/C9H8F3N3O/c1-2-6-7(16-9(10,11)12)5-8-13-3-4-15(8)14-6/h3-5H,2H2,1H3. The summed E-state index contributed by atoms with van der Waals surface area (Å²) in [6.07, 6.45) is -1.35. The molecule has 2 heterocycles. The maximum absolute atomic E-state index is 12.1. The van der Waals surface area contributed by atoms with Gasteiger partial charge in [0.1, 0.15) is 5.69 Å². The highest BCUT2D eigenvalue weighted by molar-refractivity contribution is 5.45. The topological polar surface area (TPSA) is 39.4 Å². The first-order chi connectivity index (χ1) is 7.49. The first-order valence-corrected chi connectivity index (χ1v) is 4.58. The Morgan fingerprint density at radius 1 is 1.44 bits per heavy atom. The van der Waals surface area contributed by atoms with Gasteiger partial charge in [0.05, 0.1) is 0 Å². The Labute approximate surface area is 88.7 Å². The molecule has 0 fully saturated rings. The van der Waals surface area contributed by atoms with Crippen molar-refractivity contribution < 1.29 is 17.9 Å². The van der Waals surface area contributed by atoms with Crippen molar-refractivity contribution in [2.75, 3.05) is 0 Å². The average molecular weight is 231 g/mol. The molecule has 2 aromatic rings. The summed E-state index contributed by atoms with van der Waals surface area (Å²) in [5, 5.41) is 3.97. The lowest BCUT2D eigenvalue weighted by Crippen LogP contribution is -2.19. The molecular formula is C9H8F3N3O. The van der Waals surface area contributed by atoms with Crippen LogP contribution < -0.4 is 4.74 Å². The Kier molecular flexibility index (Phi) is 2.45. The molecule has 2 aromatic heterocycles. The molecule has 7 heteroatoms. The molecule has 0 N–H and O–H groups in total. The third-order valence-electron chi connectivity index (χ3n) is 1.98. The molecule has 86 valence electrons. The van der Waals surface area contributed by atoms with Crippen molar-refractivity contribution in [2.24, 2.45) is 0 Å². The van der Waals surface area contributed by atoms with Crippen LogP contribution in [0.5, 0.6) is 5.75 Å². The van der Waals surface area contributed by atoms with E-state index in [-0.39, 0.29) is 11.4 Å². The Hall–Kier alpha value is -1.79. The molecule has 0 saturated heterocycles. The lowest BCUT2D eigenvalue weighted by atomic mass is 10.3. The number of rotatable bonds is 2. The zero-order valence-electron chi connectivity index (χ0n) is 8.32. The summed E-state index contributed by atoms with van der Waals surface area (Å²) in [4.78, 5) is 3.84. The van der Waals surface area contributed by atoms with Gasteiger partial charge in [-0.05, 0) is 6.42 Å². The van der Waals surface area contributed by atoms with E-state index < -0.39 is 6.36 Å². The quantitative estimate of drug-likeness (QED) is 0.795.